The molecule has 0 radical (unpaired) electrons. The van der Waals surface area contributed by atoms with Gasteiger partial charge in [-0.2, -0.15) is 0 Å². The van der Waals surface area contributed by atoms with Gasteiger partial charge in [-0.1, -0.05) is 74.9 Å². The molecular weight excluding hydrogens is 410 g/mol. The molecule has 1 heterocycles. The number of hydrogen-bond acceptors (Lipinski definition) is 4. The first kappa shape index (κ1) is 22.3. The Balaban J connectivity index is 1.55. The Bertz CT molecular complexity index is 921. The lowest BCUT2D eigenvalue weighted by Crippen LogP contribution is -2.56. The van der Waals surface area contributed by atoms with Crippen molar-refractivity contribution in [1.82, 2.24) is 5.32 Å². The summed E-state index contributed by atoms with van der Waals surface area (Å²) in [5, 5.41) is 20.6. The molecule has 33 heavy (non-hydrogen) atoms. The van der Waals surface area contributed by atoms with Gasteiger partial charge in [-0.3, -0.25) is 4.79 Å². The number of fused-ring (bicyclic) bond motifs is 1. The first-order valence-corrected chi connectivity index (χ1v) is 12.9. The molecule has 3 aliphatic rings. The number of rotatable bonds is 6. The number of carbonyl (C=O) groups is 1. The number of benzene rings is 2. The molecule has 5 nitrogen and oxygen atoms in total. The lowest BCUT2D eigenvalue weighted by Gasteiger charge is -2.44. The maximum absolute atomic E-state index is 14.1. The minimum Gasteiger partial charge on any atom is -0.392 e. The predicted molar refractivity (Wildman–Crippen MR) is 133 cm³/mol. The maximum atomic E-state index is 14.1. The zero-order chi connectivity index (χ0) is 22.7. The second kappa shape index (κ2) is 9.76. The van der Waals surface area contributed by atoms with Crippen molar-refractivity contribution in [1.29, 1.82) is 0 Å². The molecule has 1 amide bonds. The van der Waals surface area contributed by atoms with Crippen molar-refractivity contribution in [2.24, 2.45) is 11.8 Å². The van der Waals surface area contributed by atoms with Crippen LogP contribution in [0.15, 0.2) is 48.5 Å². The topological polar surface area (TPSA) is 73.4 Å². The number of amides is 1. The molecule has 5 rings (SSSR count). The van der Waals surface area contributed by atoms with E-state index in [4.69, 9.17) is 0 Å². The maximum Gasteiger partial charge on any atom is 0.228 e. The van der Waals surface area contributed by atoms with Gasteiger partial charge < -0.3 is 21.1 Å². The molecule has 0 spiro atoms. The van der Waals surface area contributed by atoms with Crippen LogP contribution in [0.3, 0.4) is 0 Å². The fourth-order valence-corrected chi connectivity index (χ4v) is 6.28. The van der Waals surface area contributed by atoms with Gasteiger partial charge in [0.2, 0.25) is 5.91 Å². The Morgan fingerprint density at radius 1 is 0.879 bits per heavy atom. The van der Waals surface area contributed by atoms with E-state index in [0.29, 0.717) is 5.92 Å². The molecule has 176 valence electrons. The lowest BCUT2D eigenvalue weighted by atomic mass is 9.71. The van der Waals surface area contributed by atoms with Gasteiger partial charge in [0.05, 0.1) is 23.9 Å². The summed E-state index contributed by atoms with van der Waals surface area (Å²) in [7, 11) is 0. The number of aliphatic hydroxyl groups is 1. The van der Waals surface area contributed by atoms with Gasteiger partial charge in [-0.15, -0.1) is 0 Å². The molecule has 1 atom stereocenters. The fourth-order valence-electron chi connectivity index (χ4n) is 6.28. The van der Waals surface area contributed by atoms with E-state index < -0.39 is 5.66 Å². The molecule has 4 N–H and O–H groups in total. The molecule has 1 unspecified atom stereocenters. The molecular formula is C28H37N3O2. The molecule has 0 aromatic heterocycles. The molecule has 0 bridgehead atoms. The van der Waals surface area contributed by atoms with Gasteiger partial charge in [0.15, 0.2) is 0 Å². The highest BCUT2D eigenvalue weighted by Crippen LogP contribution is 2.48. The van der Waals surface area contributed by atoms with E-state index in [9.17, 15) is 9.90 Å². The SMILES string of the molecule is O=C(NC1CCCCC1)C(C1CCCCC1)C1(c2ccc(CO)cc2)Nc2ccccc2N1. The van der Waals surface area contributed by atoms with Crippen LogP contribution in [-0.2, 0) is 17.1 Å². The average Bonchev–Trinajstić information content (AvgIpc) is 3.25. The zero-order valence-electron chi connectivity index (χ0n) is 19.5. The second-order valence-electron chi connectivity index (χ2n) is 10.2. The lowest BCUT2D eigenvalue weighted by molar-refractivity contribution is -0.130. The smallest absolute Gasteiger partial charge is 0.228 e. The molecule has 2 saturated carbocycles. The first-order valence-electron chi connectivity index (χ1n) is 12.9. The van der Waals surface area contributed by atoms with Crippen molar-refractivity contribution in [3.8, 4) is 0 Å². The number of carbonyl (C=O) groups excluding carboxylic acids is 1. The van der Waals surface area contributed by atoms with Crippen LogP contribution >= 0.6 is 0 Å². The number of anilines is 2. The third kappa shape index (κ3) is 4.48. The summed E-state index contributed by atoms with van der Waals surface area (Å²) in [5.74, 6) is 0.258. The van der Waals surface area contributed by atoms with E-state index in [0.717, 1.165) is 48.2 Å². The van der Waals surface area contributed by atoms with E-state index in [1.165, 1.54) is 38.5 Å². The Labute approximate surface area is 197 Å². The van der Waals surface area contributed by atoms with Crippen LogP contribution in [0.4, 0.5) is 11.4 Å². The van der Waals surface area contributed by atoms with Crippen molar-refractivity contribution < 1.29 is 9.90 Å². The van der Waals surface area contributed by atoms with Crippen molar-refractivity contribution in [3.63, 3.8) is 0 Å². The zero-order valence-corrected chi connectivity index (χ0v) is 19.5. The minimum absolute atomic E-state index is 0.0165. The van der Waals surface area contributed by atoms with Crippen LogP contribution in [0.5, 0.6) is 0 Å². The number of para-hydroxylation sites is 2. The summed E-state index contributed by atoms with van der Waals surface area (Å²) in [6.45, 7) is 0.0165. The van der Waals surface area contributed by atoms with Crippen molar-refractivity contribution >= 4 is 17.3 Å². The standard InChI is InChI=1S/C28H37N3O2/c32-19-20-15-17-22(18-16-20)28(30-24-13-7-8-14-25(24)31-28)26(21-9-3-1-4-10-21)27(33)29-23-11-5-2-6-12-23/h7-8,13-18,21,23,26,30-32H,1-6,9-12,19H2,(H,29,33). The van der Waals surface area contributed by atoms with Crippen LogP contribution in [0.1, 0.15) is 75.3 Å². The molecule has 1 aliphatic heterocycles. The molecule has 2 fully saturated rings. The summed E-state index contributed by atoms with van der Waals surface area (Å²) in [4.78, 5) is 14.1. The number of hydrogen-bond donors (Lipinski definition) is 4. The number of nitrogens with one attached hydrogen (secondary N) is 3. The Kier molecular flexibility index (Phi) is 6.59. The third-order valence-corrected chi connectivity index (χ3v) is 8.00. The summed E-state index contributed by atoms with van der Waals surface area (Å²) >= 11 is 0. The van der Waals surface area contributed by atoms with Crippen LogP contribution < -0.4 is 16.0 Å². The Morgan fingerprint density at radius 3 is 2.03 bits per heavy atom. The highest BCUT2D eigenvalue weighted by molar-refractivity contribution is 5.86. The Morgan fingerprint density at radius 2 is 1.45 bits per heavy atom. The summed E-state index contributed by atoms with van der Waals surface area (Å²) in [5.41, 5.74) is 3.29. The average molecular weight is 448 g/mol. The molecule has 0 saturated heterocycles. The molecule has 2 aromatic rings. The van der Waals surface area contributed by atoms with Gasteiger partial charge >= 0.3 is 0 Å². The fraction of sp³-hybridized carbons (Fsp3) is 0.536. The van der Waals surface area contributed by atoms with Gasteiger partial charge in [0.25, 0.3) is 0 Å². The van der Waals surface area contributed by atoms with Crippen LogP contribution in [-0.4, -0.2) is 17.1 Å². The predicted octanol–water partition coefficient (Wildman–Crippen LogP) is 5.51. The van der Waals surface area contributed by atoms with E-state index >= 15 is 0 Å². The normalized spacial score (nSPS) is 21.5. The monoisotopic (exact) mass is 447 g/mol. The highest BCUT2D eigenvalue weighted by atomic mass is 16.3. The van der Waals surface area contributed by atoms with E-state index in [1.54, 1.807) is 0 Å². The van der Waals surface area contributed by atoms with Crippen molar-refractivity contribution in [2.75, 3.05) is 10.6 Å². The first-order chi connectivity index (χ1) is 16.2. The van der Waals surface area contributed by atoms with Gasteiger partial charge in [0, 0.05) is 6.04 Å². The summed E-state index contributed by atoms with van der Waals surface area (Å²) in [6.07, 6.45) is 11.6. The van der Waals surface area contributed by atoms with E-state index in [1.807, 2.05) is 24.3 Å². The van der Waals surface area contributed by atoms with Gasteiger partial charge in [-0.05, 0) is 54.9 Å². The van der Waals surface area contributed by atoms with Crippen LogP contribution in [0.25, 0.3) is 0 Å². The quantitative estimate of drug-likeness (QED) is 0.471. The molecule has 5 heteroatoms. The summed E-state index contributed by atoms with van der Waals surface area (Å²) < 4.78 is 0. The van der Waals surface area contributed by atoms with Gasteiger partial charge in [-0.25, -0.2) is 0 Å². The highest BCUT2D eigenvalue weighted by Gasteiger charge is 2.52. The van der Waals surface area contributed by atoms with E-state index in [-0.39, 0.29) is 24.5 Å². The van der Waals surface area contributed by atoms with Crippen molar-refractivity contribution in [2.45, 2.75) is 82.5 Å². The van der Waals surface area contributed by atoms with Crippen LogP contribution in [0, 0.1) is 11.8 Å². The number of aliphatic hydroxyl groups excluding tert-OH is 1. The molecule has 2 aliphatic carbocycles. The minimum atomic E-state index is -0.710. The Hall–Kier alpha value is -2.53. The largest absolute Gasteiger partial charge is 0.392 e. The second-order valence-corrected chi connectivity index (χ2v) is 10.2. The van der Waals surface area contributed by atoms with Crippen LogP contribution in [0.2, 0.25) is 0 Å². The van der Waals surface area contributed by atoms with E-state index in [2.05, 4.69) is 40.2 Å². The van der Waals surface area contributed by atoms with Crippen molar-refractivity contribution in [3.05, 3.63) is 59.7 Å². The third-order valence-electron chi connectivity index (χ3n) is 8.00. The molecule has 2 aromatic carbocycles. The summed E-state index contributed by atoms with van der Waals surface area (Å²) in [6, 6.07) is 16.6. The van der Waals surface area contributed by atoms with Gasteiger partial charge in [0.1, 0.15) is 5.66 Å².